The first-order chi connectivity index (χ1) is 11.9. The first-order valence-electron chi connectivity index (χ1n) is 7.65. The molecule has 0 aliphatic heterocycles. The number of benzene rings is 2. The van der Waals surface area contributed by atoms with Crippen molar-refractivity contribution in [1.29, 1.82) is 0 Å². The van der Waals surface area contributed by atoms with E-state index in [1.807, 2.05) is 43.3 Å². The maximum atomic E-state index is 11.9. The van der Waals surface area contributed by atoms with E-state index in [1.54, 1.807) is 24.3 Å². The van der Waals surface area contributed by atoms with Crippen molar-refractivity contribution >= 4 is 23.3 Å². The minimum atomic E-state index is -1.10. The van der Waals surface area contributed by atoms with E-state index >= 15 is 0 Å². The third kappa shape index (κ3) is 5.22. The Bertz CT molecular complexity index is 727. The molecule has 0 aliphatic carbocycles. The van der Waals surface area contributed by atoms with Gasteiger partial charge in [0, 0.05) is 25.5 Å². The lowest BCUT2D eigenvalue weighted by molar-refractivity contribution is -0.138. The van der Waals surface area contributed by atoms with Gasteiger partial charge in [-0.05, 0) is 42.0 Å². The van der Waals surface area contributed by atoms with E-state index in [2.05, 4.69) is 5.32 Å². The number of nitrogens with one attached hydrogen (secondary N) is 1. The molecular formula is C18H21N3O4. The third-order valence-corrected chi connectivity index (χ3v) is 3.54. The molecule has 1 atom stereocenters. The quantitative estimate of drug-likeness (QED) is 0.709. The molecule has 1 amide bonds. The molecule has 0 saturated heterocycles. The van der Waals surface area contributed by atoms with Crippen LogP contribution in [0, 0.1) is 0 Å². The van der Waals surface area contributed by atoms with Crippen LogP contribution < -0.4 is 20.7 Å². The summed E-state index contributed by atoms with van der Waals surface area (Å²) in [5.74, 6) is -0.934. The minimum Gasteiger partial charge on any atom is -0.484 e. The van der Waals surface area contributed by atoms with Crippen LogP contribution in [0.2, 0.25) is 0 Å². The number of nitrogens with two attached hydrogens (primary N) is 1. The molecule has 0 bridgehead atoms. The number of carboxylic acids is 1. The molecule has 7 heteroatoms. The number of carbonyl (C=O) groups is 2. The van der Waals surface area contributed by atoms with Crippen molar-refractivity contribution in [1.82, 2.24) is 0 Å². The summed E-state index contributed by atoms with van der Waals surface area (Å²) in [4.78, 5) is 24.7. The van der Waals surface area contributed by atoms with E-state index in [4.69, 9.17) is 15.6 Å². The van der Waals surface area contributed by atoms with Crippen molar-refractivity contribution in [3.05, 3.63) is 54.1 Å². The molecule has 7 nitrogen and oxygen atoms in total. The second-order valence-electron chi connectivity index (χ2n) is 5.66. The monoisotopic (exact) mass is 343 g/mol. The van der Waals surface area contributed by atoms with Gasteiger partial charge in [-0.3, -0.25) is 9.59 Å². The molecule has 2 rings (SSSR count). The van der Waals surface area contributed by atoms with Gasteiger partial charge in [0.05, 0.1) is 0 Å². The number of amides is 1. The second kappa shape index (κ2) is 8.16. The van der Waals surface area contributed by atoms with Gasteiger partial charge < -0.3 is 25.8 Å². The number of ether oxygens (including phenoxy) is 1. The average Bonchev–Trinajstić information content (AvgIpc) is 2.60. The predicted molar refractivity (Wildman–Crippen MR) is 95.9 cm³/mol. The number of carboxylic acid groups (broad SMARTS) is 1. The second-order valence-corrected chi connectivity index (χ2v) is 5.66. The Labute approximate surface area is 146 Å². The molecular weight excluding hydrogens is 322 g/mol. The summed E-state index contributed by atoms with van der Waals surface area (Å²) in [7, 11) is 3.88. The van der Waals surface area contributed by atoms with Crippen molar-refractivity contribution in [2.24, 2.45) is 5.73 Å². The van der Waals surface area contributed by atoms with Crippen molar-refractivity contribution in [2.75, 3.05) is 30.9 Å². The van der Waals surface area contributed by atoms with Gasteiger partial charge in [0.15, 0.2) is 6.61 Å². The average molecular weight is 343 g/mol. The predicted octanol–water partition coefficient (Wildman–Crippen LogP) is 1.85. The number of aliphatic carboxylic acids is 1. The standard InChI is InChI=1S/C18H21N3O4/c1-21(2)14-7-5-13(6-8-14)20-16(22)11-25-15-9-3-12(4-10-15)17(19)18(23)24/h3-10,17H,11,19H2,1-2H3,(H,20,22)(H,23,24). The topological polar surface area (TPSA) is 105 Å². The molecule has 132 valence electrons. The summed E-state index contributed by atoms with van der Waals surface area (Å²) in [5, 5.41) is 11.6. The lowest BCUT2D eigenvalue weighted by Crippen LogP contribution is -2.21. The fraction of sp³-hybridized carbons (Fsp3) is 0.222. The molecule has 0 heterocycles. The Hall–Kier alpha value is -3.06. The Morgan fingerprint density at radius 3 is 2.24 bits per heavy atom. The lowest BCUT2D eigenvalue weighted by atomic mass is 10.1. The maximum absolute atomic E-state index is 11.9. The van der Waals surface area contributed by atoms with Gasteiger partial charge in [0.25, 0.3) is 5.91 Å². The highest BCUT2D eigenvalue weighted by Crippen LogP contribution is 2.17. The summed E-state index contributed by atoms with van der Waals surface area (Å²) in [6, 6.07) is 12.6. The van der Waals surface area contributed by atoms with Crippen molar-refractivity contribution in [2.45, 2.75) is 6.04 Å². The van der Waals surface area contributed by atoms with E-state index in [0.717, 1.165) is 5.69 Å². The van der Waals surface area contributed by atoms with E-state index in [9.17, 15) is 9.59 Å². The number of rotatable bonds is 7. The Kier molecular flexibility index (Phi) is 5.97. The molecule has 2 aromatic rings. The Morgan fingerprint density at radius 2 is 1.72 bits per heavy atom. The van der Waals surface area contributed by atoms with Gasteiger partial charge in [-0.15, -0.1) is 0 Å². The zero-order chi connectivity index (χ0) is 18.4. The van der Waals surface area contributed by atoms with Crippen LogP contribution in [0.15, 0.2) is 48.5 Å². The van der Waals surface area contributed by atoms with Gasteiger partial charge in [0.1, 0.15) is 11.8 Å². The molecule has 0 saturated carbocycles. The zero-order valence-corrected chi connectivity index (χ0v) is 14.1. The molecule has 4 N–H and O–H groups in total. The van der Waals surface area contributed by atoms with Crippen LogP contribution >= 0.6 is 0 Å². The number of nitrogens with zero attached hydrogens (tertiary/aromatic N) is 1. The summed E-state index contributed by atoms with van der Waals surface area (Å²) in [6.45, 7) is -0.153. The van der Waals surface area contributed by atoms with E-state index in [-0.39, 0.29) is 12.5 Å². The normalized spacial score (nSPS) is 11.5. The van der Waals surface area contributed by atoms with Crippen molar-refractivity contribution < 1.29 is 19.4 Å². The van der Waals surface area contributed by atoms with Crippen LogP contribution in [0.3, 0.4) is 0 Å². The van der Waals surface area contributed by atoms with Gasteiger partial charge in [0.2, 0.25) is 0 Å². The van der Waals surface area contributed by atoms with Crippen LogP contribution in [0.4, 0.5) is 11.4 Å². The lowest BCUT2D eigenvalue weighted by Gasteiger charge is -2.13. The smallest absolute Gasteiger partial charge is 0.325 e. The molecule has 25 heavy (non-hydrogen) atoms. The van der Waals surface area contributed by atoms with E-state index in [0.29, 0.717) is 17.0 Å². The SMILES string of the molecule is CN(C)c1ccc(NC(=O)COc2ccc(C(N)C(=O)O)cc2)cc1. The highest BCUT2D eigenvalue weighted by atomic mass is 16.5. The van der Waals surface area contributed by atoms with Gasteiger partial charge in [-0.1, -0.05) is 12.1 Å². The molecule has 0 spiro atoms. The third-order valence-electron chi connectivity index (χ3n) is 3.54. The number of hydrogen-bond donors (Lipinski definition) is 3. The van der Waals surface area contributed by atoms with Crippen LogP contribution in [0.5, 0.6) is 5.75 Å². The van der Waals surface area contributed by atoms with E-state index < -0.39 is 12.0 Å². The highest BCUT2D eigenvalue weighted by molar-refractivity contribution is 5.92. The molecule has 0 aliphatic rings. The minimum absolute atomic E-state index is 0.153. The van der Waals surface area contributed by atoms with Gasteiger partial charge in [-0.2, -0.15) is 0 Å². The van der Waals surface area contributed by atoms with Crippen LogP contribution in [-0.4, -0.2) is 37.7 Å². The summed E-state index contributed by atoms with van der Waals surface area (Å²) in [5.41, 5.74) is 7.70. The fourth-order valence-electron chi connectivity index (χ4n) is 2.10. The highest BCUT2D eigenvalue weighted by Gasteiger charge is 2.13. The Balaban J connectivity index is 1.86. The first kappa shape index (κ1) is 18.3. The Morgan fingerprint density at radius 1 is 1.12 bits per heavy atom. The first-order valence-corrected chi connectivity index (χ1v) is 7.65. The number of carbonyl (C=O) groups excluding carboxylic acids is 1. The van der Waals surface area contributed by atoms with Crippen molar-refractivity contribution in [3.8, 4) is 5.75 Å². The van der Waals surface area contributed by atoms with Crippen LogP contribution in [0.1, 0.15) is 11.6 Å². The van der Waals surface area contributed by atoms with E-state index in [1.165, 1.54) is 0 Å². The molecule has 0 radical (unpaired) electrons. The summed E-state index contributed by atoms with van der Waals surface area (Å²) < 4.78 is 5.39. The zero-order valence-electron chi connectivity index (χ0n) is 14.1. The van der Waals surface area contributed by atoms with Crippen LogP contribution in [0.25, 0.3) is 0 Å². The number of anilines is 2. The largest absolute Gasteiger partial charge is 0.484 e. The summed E-state index contributed by atoms with van der Waals surface area (Å²) in [6.07, 6.45) is 0. The van der Waals surface area contributed by atoms with Gasteiger partial charge >= 0.3 is 5.97 Å². The molecule has 2 aromatic carbocycles. The maximum Gasteiger partial charge on any atom is 0.325 e. The molecule has 0 aromatic heterocycles. The number of hydrogen-bond acceptors (Lipinski definition) is 5. The molecule has 1 unspecified atom stereocenters. The van der Waals surface area contributed by atoms with Crippen molar-refractivity contribution in [3.63, 3.8) is 0 Å². The summed E-state index contributed by atoms with van der Waals surface area (Å²) >= 11 is 0. The fourth-order valence-corrected chi connectivity index (χ4v) is 2.10. The van der Waals surface area contributed by atoms with Crippen LogP contribution in [-0.2, 0) is 9.59 Å². The van der Waals surface area contributed by atoms with Gasteiger partial charge in [-0.25, -0.2) is 0 Å². The molecule has 0 fully saturated rings.